The van der Waals surface area contributed by atoms with Crippen molar-refractivity contribution in [3.63, 3.8) is 0 Å². The van der Waals surface area contributed by atoms with Gasteiger partial charge in [-0.15, -0.1) is 0 Å². The molecular formula is C50H60N2+2. The fourth-order valence-corrected chi connectivity index (χ4v) is 8.05. The van der Waals surface area contributed by atoms with Gasteiger partial charge in [-0.05, 0) is 110 Å². The van der Waals surface area contributed by atoms with Crippen LogP contribution >= 0.6 is 0 Å². The fourth-order valence-electron chi connectivity index (χ4n) is 8.05. The van der Waals surface area contributed by atoms with E-state index in [4.69, 9.17) is 0 Å². The Morgan fingerprint density at radius 1 is 0.538 bits per heavy atom. The largest absolute Gasteiger partial charge is 0.284 e. The number of rotatable bonds is 5. The Labute approximate surface area is 314 Å². The van der Waals surface area contributed by atoms with Gasteiger partial charge in [-0.1, -0.05) is 131 Å². The zero-order valence-corrected chi connectivity index (χ0v) is 34.3. The summed E-state index contributed by atoms with van der Waals surface area (Å²) < 4.78 is 4.75. The predicted molar refractivity (Wildman–Crippen MR) is 223 cm³/mol. The summed E-state index contributed by atoms with van der Waals surface area (Å²) in [6.45, 7) is 36.5. The van der Waals surface area contributed by atoms with E-state index in [0.29, 0.717) is 0 Å². The molecule has 1 aliphatic carbocycles. The summed E-state index contributed by atoms with van der Waals surface area (Å²) >= 11 is 0. The van der Waals surface area contributed by atoms with Crippen LogP contribution in [0.5, 0.6) is 0 Å². The maximum absolute atomic E-state index is 4.16. The summed E-state index contributed by atoms with van der Waals surface area (Å²) in [7, 11) is 0. The van der Waals surface area contributed by atoms with Crippen molar-refractivity contribution in [2.24, 2.45) is 0 Å². The average molecular weight is 689 g/mol. The molecule has 0 unspecified atom stereocenters. The number of nitrogens with zero attached hydrogens (tertiary/aromatic N) is 2. The highest BCUT2D eigenvalue weighted by atomic mass is 15.4. The van der Waals surface area contributed by atoms with E-state index in [1.54, 1.807) is 0 Å². The van der Waals surface area contributed by atoms with Crippen LogP contribution in [0.15, 0.2) is 97.8 Å². The first-order valence-corrected chi connectivity index (χ1v) is 19.0. The van der Waals surface area contributed by atoms with E-state index in [0.717, 1.165) is 0 Å². The number of fused-ring (bicyclic) bond motifs is 1. The third-order valence-electron chi connectivity index (χ3n) is 11.4. The summed E-state index contributed by atoms with van der Waals surface area (Å²) in [4.78, 5) is 0. The van der Waals surface area contributed by atoms with Gasteiger partial charge in [0.15, 0.2) is 0 Å². The molecule has 0 N–H and O–H groups in total. The first-order chi connectivity index (χ1) is 24.1. The molecule has 0 atom stereocenters. The zero-order chi connectivity index (χ0) is 38.1. The number of aryl methyl sites for hydroxylation is 2. The third-order valence-corrected chi connectivity index (χ3v) is 11.4. The van der Waals surface area contributed by atoms with E-state index < -0.39 is 0 Å². The van der Waals surface area contributed by atoms with Crippen LogP contribution in [0.25, 0.3) is 39.7 Å². The summed E-state index contributed by atoms with van der Waals surface area (Å²) in [6.07, 6.45) is 6.55. The van der Waals surface area contributed by atoms with Crippen molar-refractivity contribution >= 4 is 17.2 Å². The zero-order valence-electron chi connectivity index (χ0n) is 34.3. The lowest BCUT2D eigenvalue weighted by molar-refractivity contribution is -1.29. The second-order valence-corrected chi connectivity index (χ2v) is 18.7. The Kier molecular flexibility index (Phi) is 9.18. The number of benzene rings is 3. The van der Waals surface area contributed by atoms with Gasteiger partial charge in [-0.2, -0.15) is 0 Å². The lowest BCUT2D eigenvalue weighted by Crippen LogP contribution is -2.68. The Morgan fingerprint density at radius 2 is 1.04 bits per heavy atom. The standard InChI is InChI=1S/C50H60N2/c1-16-35-19-17-18-20-39(35)46-34(4)42-31-41(33(3)27-43(42)50(46,14)15)45-30-38(49(11,12)13)24-26-52(45)51-25-23-37(48(8,9)10)29-44(51)40-28-36(47(5,6)7)22-21-32(40)2/h16-31H,1H2,2-15H3/q+2. The molecule has 0 saturated carbocycles. The second-order valence-electron chi connectivity index (χ2n) is 18.7. The van der Waals surface area contributed by atoms with Crippen molar-refractivity contribution in [3.05, 3.63) is 148 Å². The van der Waals surface area contributed by atoms with Gasteiger partial charge in [-0.3, -0.25) is 0 Å². The van der Waals surface area contributed by atoms with E-state index >= 15 is 0 Å². The molecule has 1 aliphatic rings. The molecular weight excluding hydrogens is 629 g/mol. The molecule has 2 heterocycles. The molecule has 0 saturated heterocycles. The molecule has 2 heteroatoms. The summed E-state index contributed by atoms with van der Waals surface area (Å²) in [5, 5.41) is 0. The predicted octanol–water partition coefficient (Wildman–Crippen LogP) is 12.3. The van der Waals surface area contributed by atoms with E-state index in [-0.39, 0.29) is 21.7 Å². The molecule has 0 aliphatic heterocycles. The molecule has 5 aromatic rings. The number of allylic oxidation sites excluding steroid dienone is 2. The smallest absolute Gasteiger partial charge is 0.0984 e. The Hall–Kier alpha value is -4.56. The summed E-state index contributed by atoms with van der Waals surface area (Å²) in [5.41, 5.74) is 19.1. The highest BCUT2D eigenvalue weighted by Gasteiger charge is 2.40. The van der Waals surface area contributed by atoms with Gasteiger partial charge in [-0.25, -0.2) is 0 Å². The fraction of sp³-hybridized carbons (Fsp3) is 0.360. The van der Waals surface area contributed by atoms with Crippen molar-refractivity contribution in [1.29, 1.82) is 0 Å². The Balaban J connectivity index is 1.67. The van der Waals surface area contributed by atoms with E-state index in [1.165, 1.54) is 83.7 Å². The molecule has 3 aromatic carbocycles. The van der Waals surface area contributed by atoms with E-state index in [9.17, 15) is 0 Å². The molecule has 268 valence electrons. The first-order valence-electron chi connectivity index (χ1n) is 19.0. The van der Waals surface area contributed by atoms with Gasteiger partial charge in [0.2, 0.25) is 12.4 Å². The van der Waals surface area contributed by atoms with Gasteiger partial charge < -0.3 is 0 Å². The maximum Gasteiger partial charge on any atom is 0.284 e. The molecule has 0 radical (unpaired) electrons. The number of aromatic nitrogens is 2. The second kappa shape index (κ2) is 12.8. The van der Waals surface area contributed by atoms with Gasteiger partial charge in [0.05, 0.1) is 20.5 Å². The number of hydrogen-bond donors (Lipinski definition) is 0. The van der Waals surface area contributed by atoms with Crippen molar-refractivity contribution < 1.29 is 9.35 Å². The van der Waals surface area contributed by atoms with E-state index in [1.807, 2.05) is 6.08 Å². The molecule has 2 aromatic heterocycles. The quantitative estimate of drug-likeness (QED) is 0.162. The van der Waals surface area contributed by atoms with Crippen LogP contribution in [-0.2, 0) is 21.7 Å². The van der Waals surface area contributed by atoms with Crippen LogP contribution in [-0.4, -0.2) is 0 Å². The van der Waals surface area contributed by atoms with Gasteiger partial charge in [0.1, 0.15) is 0 Å². The highest BCUT2D eigenvalue weighted by Crippen LogP contribution is 2.52. The van der Waals surface area contributed by atoms with Gasteiger partial charge in [0.25, 0.3) is 11.4 Å². The lowest BCUT2D eigenvalue weighted by atomic mass is 9.76. The van der Waals surface area contributed by atoms with Crippen LogP contribution in [0.4, 0.5) is 0 Å². The Morgan fingerprint density at radius 3 is 1.56 bits per heavy atom. The molecule has 0 spiro atoms. The topological polar surface area (TPSA) is 7.76 Å². The molecule has 6 rings (SSSR count). The van der Waals surface area contributed by atoms with Crippen LogP contribution in [0, 0.1) is 13.8 Å². The van der Waals surface area contributed by atoms with Crippen LogP contribution in [0.2, 0.25) is 0 Å². The first kappa shape index (κ1) is 37.2. The van der Waals surface area contributed by atoms with Crippen molar-refractivity contribution in [3.8, 4) is 22.5 Å². The molecule has 0 bridgehead atoms. The minimum Gasteiger partial charge on any atom is -0.0984 e. The molecule has 2 nitrogen and oxygen atoms in total. The summed E-state index contributed by atoms with van der Waals surface area (Å²) in [5.74, 6) is 0. The Bertz CT molecular complexity index is 2250. The van der Waals surface area contributed by atoms with Crippen molar-refractivity contribution in [2.45, 2.75) is 119 Å². The molecule has 0 fully saturated rings. The SMILES string of the molecule is C=Cc1ccccc1C1=C(C)c2cc(-c3cc(C(C)(C)C)cc[n+]3-[n+]3ccc(C(C)(C)C)cc3-c3cc(C(C)(C)C)ccc3C)c(C)cc2C1(C)C. The minimum absolute atomic E-state index is 0.00212. The minimum atomic E-state index is -0.147. The third kappa shape index (κ3) is 6.51. The lowest BCUT2D eigenvalue weighted by Gasteiger charge is -2.27. The van der Waals surface area contributed by atoms with Crippen molar-refractivity contribution in [1.82, 2.24) is 0 Å². The maximum atomic E-state index is 4.16. The van der Waals surface area contributed by atoms with Gasteiger partial charge in [0, 0.05) is 29.7 Å². The van der Waals surface area contributed by atoms with Crippen LogP contribution in [0.3, 0.4) is 0 Å². The highest BCUT2D eigenvalue weighted by molar-refractivity contribution is 6.03. The van der Waals surface area contributed by atoms with E-state index in [2.05, 4.69) is 204 Å². The van der Waals surface area contributed by atoms with Crippen LogP contribution < -0.4 is 9.35 Å². The van der Waals surface area contributed by atoms with Gasteiger partial charge >= 0.3 is 0 Å². The normalized spacial score (nSPS) is 14.5. The van der Waals surface area contributed by atoms with Crippen molar-refractivity contribution in [2.75, 3.05) is 0 Å². The average Bonchev–Trinajstić information content (AvgIpc) is 3.25. The number of pyridine rings is 2. The number of hydrogen-bond acceptors (Lipinski definition) is 0. The van der Waals surface area contributed by atoms with Crippen LogP contribution in [0.1, 0.15) is 133 Å². The monoisotopic (exact) mass is 688 g/mol. The molecule has 0 amide bonds. The molecule has 52 heavy (non-hydrogen) atoms. The summed E-state index contributed by atoms with van der Waals surface area (Å²) in [6, 6.07) is 30.1.